The first-order valence-electron chi connectivity index (χ1n) is 9.02. The van der Waals surface area contributed by atoms with E-state index in [0.29, 0.717) is 0 Å². The van der Waals surface area contributed by atoms with Crippen molar-refractivity contribution in [3.05, 3.63) is 76.3 Å². The number of benzene rings is 2. The number of fused-ring (bicyclic) bond motifs is 1. The fraction of sp³-hybridized carbons (Fsp3) is 0.400. The highest BCUT2D eigenvalue weighted by Gasteiger charge is 2.65. The smallest absolute Gasteiger partial charge is 0.276 e. The summed E-state index contributed by atoms with van der Waals surface area (Å²) in [4.78, 5) is 12.4. The third-order valence-electron chi connectivity index (χ3n) is 5.22. The van der Waals surface area contributed by atoms with Crippen LogP contribution in [0.5, 0.6) is 0 Å². The average molecular weight is 403 g/mol. The highest BCUT2D eigenvalue weighted by atomic mass is 32.2. The third-order valence-corrected chi connectivity index (χ3v) is 6.37. The lowest BCUT2D eigenvalue weighted by Gasteiger charge is -2.48. The van der Waals surface area contributed by atoms with Crippen LogP contribution in [0.3, 0.4) is 0 Å². The van der Waals surface area contributed by atoms with E-state index in [2.05, 4.69) is 0 Å². The van der Waals surface area contributed by atoms with Gasteiger partial charge in [0.25, 0.3) is 5.54 Å². The van der Waals surface area contributed by atoms with E-state index in [1.54, 1.807) is 0 Å². The van der Waals surface area contributed by atoms with Crippen LogP contribution in [-0.4, -0.2) is 45.9 Å². The number of aliphatic hydroxyl groups excluding tert-OH is 1. The van der Waals surface area contributed by atoms with Crippen molar-refractivity contribution in [2.45, 2.75) is 47.4 Å². The topological polar surface area (TPSA) is 91.1 Å². The molecule has 0 spiro atoms. The van der Waals surface area contributed by atoms with Gasteiger partial charge in [-0.05, 0) is 12.1 Å². The van der Waals surface area contributed by atoms with Crippen LogP contribution in [0, 0.1) is 10.1 Å². The molecule has 2 fully saturated rings. The molecule has 0 aromatic heterocycles. The Morgan fingerprint density at radius 3 is 2.39 bits per heavy atom. The van der Waals surface area contributed by atoms with Crippen LogP contribution in [0.15, 0.2) is 65.6 Å². The van der Waals surface area contributed by atoms with Gasteiger partial charge in [0.2, 0.25) is 0 Å². The molecule has 1 unspecified atom stereocenters. The van der Waals surface area contributed by atoms with Crippen molar-refractivity contribution >= 4 is 11.8 Å². The van der Waals surface area contributed by atoms with E-state index in [1.165, 1.54) is 18.7 Å². The molecule has 0 aliphatic carbocycles. The second-order valence-corrected chi connectivity index (χ2v) is 8.21. The molecule has 2 heterocycles. The Bertz CT molecular complexity index is 822. The van der Waals surface area contributed by atoms with E-state index in [4.69, 9.17) is 14.2 Å². The zero-order valence-corrected chi connectivity index (χ0v) is 16.0. The van der Waals surface area contributed by atoms with E-state index in [0.717, 1.165) is 10.5 Å². The van der Waals surface area contributed by atoms with Gasteiger partial charge < -0.3 is 19.3 Å². The van der Waals surface area contributed by atoms with Crippen LogP contribution in [0.2, 0.25) is 0 Å². The van der Waals surface area contributed by atoms with Crippen molar-refractivity contribution in [3.63, 3.8) is 0 Å². The van der Waals surface area contributed by atoms with Crippen LogP contribution in [0.25, 0.3) is 0 Å². The summed E-state index contributed by atoms with van der Waals surface area (Å²) in [5.74, 6) is 0. The lowest BCUT2D eigenvalue weighted by molar-refractivity contribution is -0.609. The van der Waals surface area contributed by atoms with Gasteiger partial charge in [0, 0.05) is 22.3 Å². The van der Waals surface area contributed by atoms with Gasteiger partial charge >= 0.3 is 0 Å². The number of thioether (sulfide) groups is 1. The summed E-state index contributed by atoms with van der Waals surface area (Å²) in [6, 6.07) is 18.6. The maximum Gasteiger partial charge on any atom is 0.276 e. The molecular weight excluding hydrogens is 382 g/mol. The molecule has 0 radical (unpaired) electrons. The monoisotopic (exact) mass is 403 g/mol. The molecule has 7 nitrogen and oxygen atoms in total. The maximum atomic E-state index is 12.0. The normalized spacial score (nSPS) is 35.1. The molecule has 4 rings (SSSR count). The second kappa shape index (κ2) is 7.81. The first-order valence-corrected chi connectivity index (χ1v) is 9.90. The van der Waals surface area contributed by atoms with E-state index < -0.39 is 40.5 Å². The van der Waals surface area contributed by atoms with Crippen molar-refractivity contribution in [3.8, 4) is 0 Å². The minimum atomic E-state index is -1.73. The fourth-order valence-electron chi connectivity index (χ4n) is 3.57. The largest absolute Gasteiger partial charge is 0.382 e. The molecule has 0 bridgehead atoms. The van der Waals surface area contributed by atoms with Gasteiger partial charge in [0.1, 0.15) is 11.5 Å². The molecule has 1 N–H and O–H groups in total. The standard InChI is InChI=1S/C20H21NO6S/c1-20(21(23)24)16(22)19(28-14-10-6-3-7-11-14)26-15-12-25-18(27-17(15)20)13-8-4-2-5-9-13/h2-11,15-19,22H,12H2,1H3/t15-,16+,17-,18?,19-,20+/m1/s1. The van der Waals surface area contributed by atoms with Crippen LogP contribution < -0.4 is 0 Å². The van der Waals surface area contributed by atoms with Gasteiger partial charge in [-0.2, -0.15) is 0 Å². The van der Waals surface area contributed by atoms with Crippen LogP contribution in [0.1, 0.15) is 18.8 Å². The predicted molar refractivity (Wildman–Crippen MR) is 102 cm³/mol. The van der Waals surface area contributed by atoms with Gasteiger partial charge in [0.05, 0.1) is 6.61 Å². The number of aliphatic hydroxyl groups is 1. The molecule has 2 saturated heterocycles. The molecular formula is C20H21NO6S. The van der Waals surface area contributed by atoms with Crippen molar-refractivity contribution in [1.82, 2.24) is 0 Å². The number of ether oxygens (including phenoxy) is 3. The van der Waals surface area contributed by atoms with E-state index in [9.17, 15) is 15.2 Å². The van der Waals surface area contributed by atoms with E-state index in [-0.39, 0.29) is 6.61 Å². The van der Waals surface area contributed by atoms with Crippen molar-refractivity contribution in [2.24, 2.45) is 0 Å². The molecule has 0 amide bonds. The second-order valence-electron chi connectivity index (χ2n) is 7.03. The number of hydrogen-bond acceptors (Lipinski definition) is 7. The molecule has 2 aliphatic rings. The fourth-order valence-corrected chi connectivity index (χ4v) is 4.75. The summed E-state index contributed by atoms with van der Waals surface area (Å²) in [5, 5.41) is 22.9. The van der Waals surface area contributed by atoms with Gasteiger partial charge in [-0.25, -0.2) is 0 Å². The highest BCUT2D eigenvalue weighted by molar-refractivity contribution is 7.99. The minimum Gasteiger partial charge on any atom is -0.382 e. The number of nitrogens with zero attached hydrogens (tertiary/aromatic N) is 1. The molecule has 8 heteroatoms. The van der Waals surface area contributed by atoms with Gasteiger partial charge in [-0.15, -0.1) is 0 Å². The molecule has 28 heavy (non-hydrogen) atoms. The molecule has 2 aromatic carbocycles. The van der Waals surface area contributed by atoms with Gasteiger partial charge in [-0.3, -0.25) is 10.1 Å². The zero-order valence-electron chi connectivity index (χ0n) is 15.2. The average Bonchev–Trinajstić information content (AvgIpc) is 2.73. The SMILES string of the molecule is C[C@@]1([N+](=O)[O-])[C@@H]2OC(c3ccccc3)OC[C@H]2O[C@H](Sc2ccccc2)[C@@H]1O. The molecule has 6 atom stereocenters. The summed E-state index contributed by atoms with van der Waals surface area (Å²) in [6.07, 6.45) is -3.69. The Kier molecular flexibility index (Phi) is 5.39. The first-order chi connectivity index (χ1) is 13.5. The minimum absolute atomic E-state index is 0.145. The number of nitro groups is 1. The summed E-state index contributed by atoms with van der Waals surface area (Å²) < 4.78 is 17.7. The van der Waals surface area contributed by atoms with Gasteiger partial charge in [0.15, 0.2) is 18.5 Å². The summed E-state index contributed by atoms with van der Waals surface area (Å²) >= 11 is 1.26. The van der Waals surface area contributed by atoms with Crippen LogP contribution in [-0.2, 0) is 14.2 Å². The summed E-state index contributed by atoms with van der Waals surface area (Å²) in [5.41, 5.74) is -1.77. The lowest BCUT2D eigenvalue weighted by atomic mass is 9.83. The predicted octanol–water partition coefficient (Wildman–Crippen LogP) is 3.01. The molecule has 2 aliphatic heterocycles. The van der Waals surface area contributed by atoms with Crippen molar-refractivity contribution < 1.29 is 24.2 Å². The Balaban J connectivity index is 1.60. The highest BCUT2D eigenvalue weighted by Crippen LogP contribution is 2.44. The van der Waals surface area contributed by atoms with Crippen molar-refractivity contribution in [2.75, 3.05) is 6.61 Å². The maximum absolute atomic E-state index is 12.0. The molecule has 0 saturated carbocycles. The number of hydrogen-bond donors (Lipinski definition) is 1. The zero-order chi connectivity index (χ0) is 19.7. The Hall–Kier alpha value is -1.97. The molecule has 2 aromatic rings. The first kappa shape index (κ1) is 19.4. The lowest BCUT2D eigenvalue weighted by Crippen LogP contribution is -2.70. The Morgan fingerprint density at radius 1 is 1.11 bits per heavy atom. The van der Waals surface area contributed by atoms with Crippen LogP contribution >= 0.6 is 11.8 Å². The summed E-state index contributed by atoms with van der Waals surface area (Å²) in [6.45, 7) is 1.57. The van der Waals surface area contributed by atoms with Crippen LogP contribution in [0.4, 0.5) is 0 Å². The van der Waals surface area contributed by atoms with Gasteiger partial charge in [-0.1, -0.05) is 60.3 Å². The van der Waals surface area contributed by atoms with E-state index >= 15 is 0 Å². The third kappa shape index (κ3) is 3.42. The van der Waals surface area contributed by atoms with Crippen molar-refractivity contribution in [1.29, 1.82) is 0 Å². The molecule has 148 valence electrons. The quantitative estimate of drug-likeness (QED) is 0.620. The Labute approximate surface area is 166 Å². The summed E-state index contributed by atoms with van der Waals surface area (Å²) in [7, 11) is 0. The van der Waals surface area contributed by atoms with E-state index in [1.807, 2.05) is 60.7 Å². The Morgan fingerprint density at radius 2 is 1.75 bits per heavy atom. The number of rotatable bonds is 4.